The van der Waals surface area contributed by atoms with Gasteiger partial charge >= 0.3 is 0 Å². The van der Waals surface area contributed by atoms with Crippen LogP contribution in [-0.4, -0.2) is 67.9 Å². The number of piperazine rings is 1. The molecule has 0 N–H and O–H groups in total. The molecule has 2 saturated heterocycles. The number of fused-ring (bicyclic) bond motifs is 1. The number of benzene rings is 1. The molecule has 2 atom stereocenters. The van der Waals surface area contributed by atoms with Crippen molar-refractivity contribution in [3.63, 3.8) is 0 Å². The van der Waals surface area contributed by atoms with E-state index < -0.39 is 9.84 Å². The molecular formula is C19H22N2O4S. The Morgan fingerprint density at radius 1 is 1.12 bits per heavy atom. The third kappa shape index (κ3) is 2.95. The third-order valence-electron chi connectivity index (χ3n) is 5.34. The van der Waals surface area contributed by atoms with Crippen LogP contribution in [0, 0.1) is 6.92 Å². The van der Waals surface area contributed by atoms with Gasteiger partial charge < -0.3 is 9.32 Å². The van der Waals surface area contributed by atoms with Crippen molar-refractivity contribution in [1.29, 1.82) is 0 Å². The lowest BCUT2D eigenvalue weighted by molar-refractivity contribution is 0.0410. The average Bonchev–Trinajstić information content (AvgIpc) is 3.15. The molecule has 1 aromatic carbocycles. The van der Waals surface area contributed by atoms with Crippen LogP contribution in [0.15, 0.2) is 40.8 Å². The van der Waals surface area contributed by atoms with Gasteiger partial charge in [-0.2, -0.15) is 0 Å². The van der Waals surface area contributed by atoms with Crippen molar-refractivity contribution in [1.82, 2.24) is 9.80 Å². The van der Waals surface area contributed by atoms with E-state index in [1.165, 1.54) is 0 Å². The highest BCUT2D eigenvalue weighted by Crippen LogP contribution is 2.32. The quantitative estimate of drug-likeness (QED) is 0.802. The number of furan rings is 1. The number of nitrogens with zero attached hydrogens (tertiary/aromatic N) is 2. The molecule has 2 aromatic rings. The summed E-state index contributed by atoms with van der Waals surface area (Å²) in [6.07, 6.45) is 0. The molecular weight excluding hydrogens is 352 g/mol. The first-order valence-electron chi connectivity index (χ1n) is 8.73. The van der Waals surface area contributed by atoms with Gasteiger partial charge in [0.2, 0.25) is 0 Å². The minimum atomic E-state index is -3.13. The first-order valence-corrected chi connectivity index (χ1v) is 10.6. The van der Waals surface area contributed by atoms with Crippen LogP contribution in [0.2, 0.25) is 0 Å². The molecule has 6 nitrogen and oxygen atoms in total. The summed E-state index contributed by atoms with van der Waals surface area (Å²) in [5.41, 5.74) is 1.34. The van der Waals surface area contributed by atoms with Gasteiger partial charge in [-0.1, -0.05) is 30.3 Å². The number of hydrogen-bond acceptors (Lipinski definition) is 5. The Kier molecular flexibility index (Phi) is 4.16. The molecule has 3 heterocycles. The van der Waals surface area contributed by atoms with Crippen LogP contribution in [0.4, 0.5) is 0 Å². The predicted molar refractivity (Wildman–Crippen MR) is 98.8 cm³/mol. The van der Waals surface area contributed by atoms with Crippen LogP contribution in [0.1, 0.15) is 16.1 Å². The Balaban J connectivity index is 1.71. The largest absolute Gasteiger partial charge is 0.461 e. The van der Waals surface area contributed by atoms with Crippen molar-refractivity contribution in [3.8, 4) is 11.3 Å². The van der Waals surface area contributed by atoms with E-state index in [1.807, 2.05) is 44.3 Å². The predicted octanol–water partition coefficient (Wildman–Crippen LogP) is 1.81. The summed E-state index contributed by atoms with van der Waals surface area (Å²) < 4.78 is 30.1. The molecule has 2 aliphatic heterocycles. The summed E-state index contributed by atoms with van der Waals surface area (Å²) in [6, 6.07) is 10.8. The molecule has 0 bridgehead atoms. The van der Waals surface area contributed by atoms with E-state index >= 15 is 0 Å². The second-order valence-corrected chi connectivity index (χ2v) is 9.31. The van der Waals surface area contributed by atoms with Gasteiger partial charge in [-0.15, -0.1) is 0 Å². The van der Waals surface area contributed by atoms with Crippen LogP contribution in [-0.2, 0) is 9.84 Å². The van der Waals surface area contributed by atoms with Crippen molar-refractivity contribution in [2.45, 2.75) is 19.0 Å². The Bertz CT molecular complexity index is 936. The molecule has 26 heavy (non-hydrogen) atoms. The number of aryl methyl sites for hydroxylation is 1. The summed E-state index contributed by atoms with van der Waals surface area (Å²) in [7, 11) is -1.20. The minimum absolute atomic E-state index is 0.0330. The van der Waals surface area contributed by atoms with Gasteiger partial charge in [-0.3, -0.25) is 9.69 Å². The van der Waals surface area contributed by atoms with Crippen LogP contribution in [0.3, 0.4) is 0 Å². The molecule has 1 amide bonds. The molecule has 2 aliphatic rings. The highest BCUT2D eigenvalue weighted by Gasteiger charge is 2.47. The number of amides is 1. The van der Waals surface area contributed by atoms with E-state index in [9.17, 15) is 13.2 Å². The number of rotatable bonds is 2. The van der Waals surface area contributed by atoms with Crippen LogP contribution in [0.5, 0.6) is 0 Å². The summed E-state index contributed by atoms with van der Waals surface area (Å²) in [5.74, 6) is 1.21. The SMILES string of the molecule is Cc1cc(C(=O)N2CCN(C)[C@@H]3CS(=O)(=O)C[C@@H]32)c(-c2ccccc2)o1. The topological polar surface area (TPSA) is 70.8 Å². The molecule has 0 unspecified atom stereocenters. The fraction of sp³-hybridized carbons (Fsp3) is 0.421. The van der Waals surface area contributed by atoms with E-state index in [0.717, 1.165) is 5.56 Å². The molecule has 1 aromatic heterocycles. The maximum absolute atomic E-state index is 13.3. The second kappa shape index (κ2) is 6.25. The summed E-state index contributed by atoms with van der Waals surface area (Å²) >= 11 is 0. The molecule has 4 rings (SSSR count). The van der Waals surface area contributed by atoms with Crippen molar-refractivity contribution >= 4 is 15.7 Å². The van der Waals surface area contributed by atoms with Crippen molar-refractivity contribution in [2.24, 2.45) is 0 Å². The minimum Gasteiger partial charge on any atom is -0.461 e. The highest BCUT2D eigenvalue weighted by molar-refractivity contribution is 7.91. The highest BCUT2D eigenvalue weighted by atomic mass is 32.2. The molecule has 0 saturated carbocycles. The second-order valence-electron chi connectivity index (χ2n) is 7.16. The Morgan fingerprint density at radius 2 is 1.81 bits per heavy atom. The van der Waals surface area contributed by atoms with Crippen molar-refractivity contribution in [2.75, 3.05) is 31.6 Å². The average molecular weight is 374 g/mol. The molecule has 2 fully saturated rings. The van der Waals surface area contributed by atoms with E-state index in [0.29, 0.717) is 30.2 Å². The zero-order chi connectivity index (χ0) is 18.5. The molecule has 0 radical (unpaired) electrons. The first-order chi connectivity index (χ1) is 12.4. The number of likely N-dealkylation sites (N-methyl/N-ethyl adjacent to an activating group) is 1. The van der Waals surface area contributed by atoms with E-state index in [4.69, 9.17) is 4.42 Å². The molecule has 138 valence electrons. The molecule has 0 spiro atoms. The van der Waals surface area contributed by atoms with Gasteiger partial charge in [-0.05, 0) is 20.0 Å². The molecule has 0 aliphatic carbocycles. The van der Waals surface area contributed by atoms with Crippen molar-refractivity contribution < 1.29 is 17.6 Å². The normalized spacial score (nSPS) is 25.2. The van der Waals surface area contributed by atoms with Gasteiger partial charge in [0.15, 0.2) is 9.84 Å². The van der Waals surface area contributed by atoms with E-state index in [2.05, 4.69) is 4.90 Å². The lowest BCUT2D eigenvalue weighted by Crippen LogP contribution is -2.59. The Labute approximate surface area is 153 Å². The Morgan fingerprint density at radius 3 is 2.54 bits per heavy atom. The zero-order valence-corrected chi connectivity index (χ0v) is 15.7. The number of carbonyl (C=O) groups excluding carboxylic acids is 1. The first kappa shape index (κ1) is 17.3. The van der Waals surface area contributed by atoms with Gasteiger partial charge in [-0.25, -0.2) is 8.42 Å². The monoisotopic (exact) mass is 374 g/mol. The maximum Gasteiger partial charge on any atom is 0.258 e. The van der Waals surface area contributed by atoms with E-state index in [1.54, 1.807) is 11.0 Å². The summed E-state index contributed by atoms with van der Waals surface area (Å²) in [5, 5.41) is 0. The fourth-order valence-corrected chi connectivity index (χ4v) is 6.07. The maximum atomic E-state index is 13.3. The molecule has 7 heteroatoms. The standard InChI is InChI=1S/C19H22N2O4S/c1-13-10-15(18(25-13)14-6-4-3-5-7-14)19(22)21-9-8-20(2)16-11-26(23,24)12-17(16)21/h3-7,10,16-17H,8-9,11-12H2,1-2H3/t16-,17+/m1/s1. The van der Waals surface area contributed by atoms with Crippen molar-refractivity contribution in [3.05, 3.63) is 47.7 Å². The van der Waals surface area contributed by atoms with Gasteiger partial charge in [0.05, 0.1) is 23.1 Å². The van der Waals surface area contributed by atoms with Crippen LogP contribution < -0.4 is 0 Å². The fourth-order valence-electron chi connectivity index (χ4n) is 4.01. The number of hydrogen-bond donors (Lipinski definition) is 0. The van der Waals surface area contributed by atoms with Gasteiger partial charge in [0.1, 0.15) is 11.5 Å². The number of sulfone groups is 1. The zero-order valence-electron chi connectivity index (χ0n) is 14.9. The lowest BCUT2D eigenvalue weighted by Gasteiger charge is -2.42. The smallest absolute Gasteiger partial charge is 0.258 e. The Hall–Kier alpha value is -2.12. The lowest BCUT2D eigenvalue weighted by atomic mass is 10.0. The van der Waals surface area contributed by atoms with Gasteiger partial charge in [0, 0.05) is 24.7 Å². The van der Waals surface area contributed by atoms with E-state index in [-0.39, 0.29) is 29.5 Å². The van der Waals surface area contributed by atoms with Gasteiger partial charge in [0.25, 0.3) is 5.91 Å². The number of carbonyl (C=O) groups is 1. The summed E-state index contributed by atoms with van der Waals surface area (Å²) in [4.78, 5) is 17.1. The van der Waals surface area contributed by atoms with Crippen LogP contribution in [0.25, 0.3) is 11.3 Å². The summed E-state index contributed by atoms with van der Waals surface area (Å²) in [6.45, 7) is 3.00. The van der Waals surface area contributed by atoms with Crippen LogP contribution >= 0.6 is 0 Å². The third-order valence-corrected chi connectivity index (χ3v) is 7.03.